The van der Waals surface area contributed by atoms with Gasteiger partial charge in [0.2, 0.25) is 0 Å². The molecule has 8 nitrogen and oxygen atoms in total. The third kappa shape index (κ3) is 6.36. The normalized spacial score (nSPS) is 15.6. The number of hydrogen-bond donors (Lipinski definition) is 3. The molecular formula is C23H24F3N5O3. The van der Waals surface area contributed by atoms with Crippen molar-refractivity contribution in [1.82, 2.24) is 9.88 Å². The number of halogens is 3. The summed E-state index contributed by atoms with van der Waals surface area (Å²) in [5.74, 6) is -2.56. The molecule has 0 amide bonds. The molecule has 4 N–H and O–H groups in total. The largest absolute Gasteiger partial charge is 0.508 e. The lowest BCUT2D eigenvalue weighted by atomic mass is 9.92. The van der Waals surface area contributed by atoms with Crippen LogP contribution in [-0.2, 0) is 11.2 Å². The standard InChI is InChI=1S/C21H23N5O.C2HF3O2/c1-2-26-10-4-6-15(26)8-9-19-17(12-22)20(18(13-23)21(24)25-19)14-5-3-7-16(27)11-14;3-2(4,5)1(6)7/h3,5,7,11,15,27H,2,4,6,8-10H2,1H3,(H2,24,25);(H,6,7). The van der Waals surface area contributed by atoms with Crippen molar-refractivity contribution in [1.29, 1.82) is 10.5 Å². The number of nitrogen functional groups attached to an aromatic ring is 1. The summed E-state index contributed by atoms with van der Waals surface area (Å²) in [6.07, 6.45) is -1.20. The molecule has 0 spiro atoms. The van der Waals surface area contributed by atoms with Crippen LogP contribution in [0.4, 0.5) is 19.0 Å². The van der Waals surface area contributed by atoms with Gasteiger partial charge < -0.3 is 20.8 Å². The van der Waals surface area contributed by atoms with Crippen LogP contribution in [0.5, 0.6) is 5.75 Å². The third-order valence-corrected chi connectivity index (χ3v) is 5.52. The lowest BCUT2D eigenvalue weighted by Gasteiger charge is -2.23. The molecule has 1 unspecified atom stereocenters. The summed E-state index contributed by atoms with van der Waals surface area (Å²) in [5.41, 5.74) is 8.27. The topological polar surface area (TPSA) is 147 Å². The van der Waals surface area contributed by atoms with E-state index in [2.05, 4.69) is 28.9 Å². The number of aryl methyl sites for hydroxylation is 1. The van der Waals surface area contributed by atoms with Crippen LogP contribution in [0.2, 0.25) is 0 Å². The Kier molecular flexibility index (Phi) is 8.82. The van der Waals surface area contributed by atoms with E-state index in [9.17, 15) is 28.8 Å². The Bertz CT molecular complexity index is 1120. The van der Waals surface area contributed by atoms with Gasteiger partial charge >= 0.3 is 12.1 Å². The summed E-state index contributed by atoms with van der Waals surface area (Å²) >= 11 is 0. The number of benzene rings is 1. The fraction of sp³-hybridized carbons (Fsp3) is 0.391. The fourth-order valence-electron chi connectivity index (χ4n) is 3.96. The summed E-state index contributed by atoms with van der Waals surface area (Å²) in [6.45, 7) is 4.30. The van der Waals surface area contributed by atoms with Gasteiger partial charge in [-0.2, -0.15) is 23.7 Å². The molecule has 0 saturated carbocycles. The van der Waals surface area contributed by atoms with Gasteiger partial charge in [-0.05, 0) is 56.5 Å². The van der Waals surface area contributed by atoms with Crippen LogP contribution in [0.15, 0.2) is 24.3 Å². The van der Waals surface area contributed by atoms with Crippen molar-refractivity contribution in [2.24, 2.45) is 0 Å². The van der Waals surface area contributed by atoms with Gasteiger partial charge in [0.15, 0.2) is 0 Å². The number of rotatable bonds is 5. The highest BCUT2D eigenvalue weighted by Gasteiger charge is 2.38. The van der Waals surface area contributed by atoms with Crippen LogP contribution in [0, 0.1) is 22.7 Å². The van der Waals surface area contributed by atoms with E-state index in [1.807, 2.05) is 0 Å². The molecule has 0 bridgehead atoms. The second kappa shape index (κ2) is 11.3. The zero-order valence-electron chi connectivity index (χ0n) is 18.4. The number of carboxylic acids is 1. The maximum atomic E-state index is 10.6. The highest BCUT2D eigenvalue weighted by Crippen LogP contribution is 2.34. The number of nitrogens with zero attached hydrogens (tertiary/aromatic N) is 4. The summed E-state index contributed by atoms with van der Waals surface area (Å²) < 4.78 is 31.7. The second-order valence-electron chi connectivity index (χ2n) is 7.61. The first-order valence-electron chi connectivity index (χ1n) is 10.5. The average Bonchev–Trinajstić information content (AvgIpc) is 3.24. The number of aliphatic carboxylic acids is 1. The molecule has 0 radical (unpaired) electrons. The van der Waals surface area contributed by atoms with Crippen molar-refractivity contribution in [3.63, 3.8) is 0 Å². The number of aromatic nitrogens is 1. The predicted molar refractivity (Wildman–Crippen MR) is 117 cm³/mol. The first kappa shape index (κ1) is 26.4. The number of nitriles is 2. The Balaban J connectivity index is 0.000000509. The third-order valence-electron chi connectivity index (χ3n) is 5.52. The van der Waals surface area contributed by atoms with Crippen molar-refractivity contribution >= 4 is 11.8 Å². The van der Waals surface area contributed by atoms with E-state index >= 15 is 0 Å². The molecule has 1 aromatic heterocycles. The second-order valence-corrected chi connectivity index (χ2v) is 7.61. The molecule has 3 rings (SSSR count). The zero-order valence-corrected chi connectivity index (χ0v) is 18.4. The first-order chi connectivity index (χ1) is 16.0. The number of carboxylic acid groups (broad SMARTS) is 1. The van der Waals surface area contributed by atoms with Gasteiger partial charge in [-0.3, -0.25) is 0 Å². The van der Waals surface area contributed by atoms with Crippen molar-refractivity contribution in [3.05, 3.63) is 41.1 Å². The van der Waals surface area contributed by atoms with Crippen LogP contribution >= 0.6 is 0 Å². The van der Waals surface area contributed by atoms with E-state index < -0.39 is 12.1 Å². The molecule has 2 heterocycles. The highest BCUT2D eigenvalue weighted by atomic mass is 19.4. The Morgan fingerprint density at radius 3 is 2.47 bits per heavy atom. The minimum absolute atomic E-state index is 0.0711. The monoisotopic (exact) mass is 475 g/mol. The van der Waals surface area contributed by atoms with Crippen LogP contribution in [0.1, 0.15) is 43.0 Å². The number of aromatic hydroxyl groups is 1. The molecule has 1 aliphatic heterocycles. The number of pyridine rings is 1. The van der Waals surface area contributed by atoms with Gasteiger partial charge in [0.05, 0.1) is 11.3 Å². The average molecular weight is 475 g/mol. The number of alkyl halides is 3. The number of nitrogens with two attached hydrogens (primary N) is 1. The summed E-state index contributed by atoms with van der Waals surface area (Å²) in [5, 5.41) is 36.3. The molecular weight excluding hydrogens is 451 g/mol. The van der Waals surface area contributed by atoms with E-state index in [4.69, 9.17) is 15.6 Å². The fourth-order valence-corrected chi connectivity index (χ4v) is 3.96. The molecule has 2 aromatic rings. The summed E-state index contributed by atoms with van der Waals surface area (Å²) in [4.78, 5) is 15.7. The number of phenols is 1. The highest BCUT2D eigenvalue weighted by molar-refractivity contribution is 5.81. The number of hydrogen-bond acceptors (Lipinski definition) is 7. The first-order valence-corrected chi connectivity index (χ1v) is 10.5. The predicted octanol–water partition coefficient (Wildman–Crippen LogP) is 3.83. The van der Waals surface area contributed by atoms with Crippen LogP contribution in [0.3, 0.4) is 0 Å². The molecule has 11 heteroatoms. The Morgan fingerprint density at radius 2 is 1.94 bits per heavy atom. The van der Waals surface area contributed by atoms with Gasteiger partial charge in [-0.1, -0.05) is 19.1 Å². The maximum absolute atomic E-state index is 10.6. The minimum Gasteiger partial charge on any atom is -0.508 e. The van der Waals surface area contributed by atoms with E-state index in [1.165, 1.54) is 12.5 Å². The van der Waals surface area contributed by atoms with Gasteiger partial charge in [0.25, 0.3) is 0 Å². The SMILES string of the molecule is CCN1CCCC1CCc1nc(N)c(C#N)c(-c2cccc(O)c2)c1C#N.O=C(O)C(F)(F)F. The van der Waals surface area contributed by atoms with Crippen molar-refractivity contribution in [2.45, 2.75) is 44.8 Å². The molecule has 1 aliphatic rings. The van der Waals surface area contributed by atoms with E-state index in [1.54, 1.807) is 18.2 Å². The summed E-state index contributed by atoms with van der Waals surface area (Å²) in [7, 11) is 0. The summed E-state index contributed by atoms with van der Waals surface area (Å²) in [6, 6.07) is 11.3. The number of likely N-dealkylation sites (tertiary alicyclic amines) is 1. The Labute approximate surface area is 194 Å². The lowest BCUT2D eigenvalue weighted by Crippen LogP contribution is -2.29. The molecule has 180 valence electrons. The molecule has 1 atom stereocenters. The van der Waals surface area contributed by atoms with Crippen LogP contribution < -0.4 is 5.73 Å². The molecule has 1 aromatic carbocycles. The number of carbonyl (C=O) groups is 1. The molecule has 0 aliphatic carbocycles. The van der Waals surface area contributed by atoms with E-state index in [-0.39, 0.29) is 17.1 Å². The Hall–Kier alpha value is -3.83. The van der Waals surface area contributed by atoms with Crippen LogP contribution in [0.25, 0.3) is 11.1 Å². The van der Waals surface area contributed by atoms with Gasteiger partial charge in [-0.25, -0.2) is 9.78 Å². The Morgan fingerprint density at radius 1 is 1.29 bits per heavy atom. The van der Waals surface area contributed by atoms with Crippen molar-refractivity contribution in [2.75, 3.05) is 18.8 Å². The molecule has 1 saturated heterocycles. The van der Waals surface area contributed by atoms with E-state index in [0.717, 1.165) is 25.9 Å². The molecule has 1 fully saturated rings. The maximum Gasteiger partial charge on any atom is 0.490 e. The molecule has 34 heavy (non-hydrogen) atoms. The van der Waals surface area contributed by atoms with Crippen molar-refractivity contribution in [3.8, 4) is 29.0 Å². The minimum atomic E-state index is -5.08. The lowest BCUT2D eigenvalue weighted by molar-refractivity contribution is -0.192. The van der Waals surface area contributed by atoms with E-state index in [0.29, 0.717) is 34.8 Å². The van der Waals surface area contributed by atoms with Crippen LogP contribution in [-0.4, -0.2) is 51.4 Å². The quantitative estimate of drug-likeness (QED) is 0.591. The smallest absolute Gasteiger partial charge is 0.490 e. The zero-order chi connectivity index (χ0) is 25.5. The van der Waals surface area contributed by atoms with Gasteiger partial charge in [-0.15, -0.1) is 0 Å². The van der Waals surface area contributed by atoms with Crippen molar-refractivity contribution < 1.29 is 28.2 Å². The van der Waals surface area contributed by atoms with Gasteiger partial charge in [0.1, 0.15) is 29.3 Å². The number of anilines is 1. The number of phenolic OH excluding ortho intramolecular Hbond substituents is 1. The van der Waals surface area contributed by atoms with Gasteiger partial charge in [0, 0.05) is 11.6 Å².